The van der Waals surface area contributed by atoms with Crippen molar-refractivity contribution in [2.75, 3.05) is 0 Å². The molecule has 0 saturated carbocycles. The number of carbonyl (C=O) groups is 2. The maximum atomic E-state index is 12.0. The zero-order valence-corrected chi connectivity index (χ0v) is 13.0. The summed E-state index contributed by atoms with van der Waals surface area (Å²) in [7, 11) is 0. The molecule has 0 saturated heterocycles. The summed E-state index contributed by atoms with van der Waals surface area (Å²) >= 11 is 0. The second-order valence-electron chi connectivity index (χ2n) is 4.77. The predicted molar refractivity (Wildman–Crippen MR) is 83.2 cm³/mol. The quantitative estimate of drug-likeness (QED) is 0.520. The summed E-state index contributed by atoms with van der Waals surface area (Å²) in [6, 6.07) is 11.8. The van der Waals surface area contributed by atoms with Gasteiger partial charge in [0.15, 0.2) is 11.5 Å². The molecule has 26 heavy (non-hydrogen) atoms. The molecule has 0 atom stereocenters. The highest BCUT2D eigenvalue weighted by atomic mass is 16.6. The number of hydrogen-bond acceptors (Lipinski definition) is 8. The van der Waals surface area contributed by atoms with E-state index >= 15 is 0 Å². The summed E-state index contributed by atoms with van der Waals surface area (Å²) in [6.45, 7) is 0. The Balaban J connectivity index is 1.92. The Labute approximate surface area is 146 Å². The number of nitrogens with zero attached hydrogens (tertiary/aromatic N) is 2. The number of benzene rings is 1. The van der Waals surface area contributed by atoms with Gasteiger partial charge in [0.1, 0.15) is 23.3 Å². The van der Waals surface area contributed by atoms with Crippen molar-refractivity contribution in [2.45, 2.75) is 0 Å². The Hall–Kier alpha value is -4.30. The zero-order valence-electron chi connectivity index (χ0n) is 13.0. The van der Waals surface area contributed by atoms with E-state index in [2.05, 4.69) is 0 Å². The smallest absolute Gasteiger partial charge is 0.379 e. The highest BCUT2D eigenvalue weighted by Crippen LogP contribution is 2.30. The van der Waals surface area contributed by atoms with Crippen molar-refractivity contribution in [2.24, 2.45) is 0 Å². The van der Waals surface area contributed by atoms with Crippen LogP contribution in [-0.4, -0.2) is 11.9 Å². The second kappa shape index (κ2) is 7.07. The molecule has 8 heteroatoms. The molecule has 0 aliphatic carbocycles. The van der Waals surface area contributed by atoms with Gasteiger partial charge in [-0.25, -0.2) is 9.59 Å². The normalized spacial score (nSPS) is 9.77. The average molecular weight is 348 g/mol. The molecule has 0 fully saturated rings. The Kier molecular flexibility index (Phi) is 4.50. The molecule has 1 aromatic carbocycles. The zero-order chi connectivity index (χ0) is 18.5. The summed E-state index contributed by atoms with van der Waals surface area (Å²) in [6.07, 6.45) is 2.58. The first-order valence-electron chi connectivity index (χ1n) is 7.12. The average Bonchev–Trinajstić information content (AvgIpc) is 3.35. The molecule has 8 nitrogen and oxygen atoms in total. The van der Waals surface area contributed by atoms with E-state index in [-0.39, 0.29) is 34.1 Å². The molecular formula is C18H8N2O6. The number of nitriles is 2. The third kappa shape index (κ3) is 3.16. The van der Waals surface area contributed by atoms with Gasteiger partial charge in [-0.05, 0) is 36.4 Å². The van der Waals surface area contributed by atoms with Gasteiger partial charge in [0.25, 0.3) is 0 Å². The number of esters is 2. The molecular weight excluding hydrogens is 340 g/mol. The Morgan fingerprint density at radius 2 is 1.19 bits per heavy atom. The van der Waals surface area contributed by atoms with Crippen LogP contribution in [0.1, 0.15) is 32.2 Å². The molecule has 0 N–H and O–H groups in total. The van der Waals surface area contributed by atoms with E-state index in [4.69, 9.17) is 18.3 Å². The van der Waals surface area contributed by atoms with Crippen LogP contribution in [0.2, 0.25) is 0 Å². The van der Waals surface area contributed by atoms with Crippen molar-refractivity contribution in [1.82, 2.24) is 0 Å². The Morgan fingerprint density at radius 1 is 0.769 bits per heavy atom. The molecule has 3 rings (SSSR count). The topological polar surface area (TPSA) is 126 Å². The third-order valence-electron chi connectivity index (χ3n) is 3.20. The number of furan rings is 2. The molecule has 0 radical (unpaired) electrons. The Bertz CT molecular complexity index is 952. The SMILES string of the molecule is N#Cc1c(OC(=O)c2ccco2)ccc(OC(=O)c2ccco2)c1C#N. The first kappa shape index (κ1) is 16.6. The van der Waals surface area contributed by atoms with E-state index in [1.165, 1.54) is 48.9 Å². The number of carbonyl (C=O) groups excluding carboxylic acids is 2. The fraction of sp³-hybridized carbons (Fsp3) is 0. The van der Waals surface area contributed by atoms with Crippen LogP contribution in [0.3, 0.4) is 0 Å². The maximum Gasteiger partial charge on any atom is 0.379 e. The summed E-state index contributed by atoms with van der Waals surface area (Å²) in [5.41, 5.74) is -0.505. The third-order valence-corrected chi connectivity index (χ3v) is 3.20. The van der Waals surface area contributed by atoms with E-state index in [9.17, 15) is 20.1 Å². The van der Waals surface area contributed by atoms with Crippen LogP contribution in [-0.2, 0) is 0 Å². The fourth-order valence-electron chi connectivity index (χ4n) is 2.05. The van der Waals surface area contributed by atoms with Crippen molar-refractivity contribution < 1.29 is 27.9 Å². The predicted octanol–water partition coefficient (Wildman–Crippen LogP) is 3.05. The molecule has 0 aliphatic heterocycles. The molecule has 0 unspecified atom stereocenters. The number of ether oxygens (including phenoxy) is 2. The van der Waals surface area contributed by atoms with Crippen molar-refractivity contribution in [1.29, 1.82) is 10.5 Å². The van der Waals surface area contributed by atoms with Crippen LogP contribution in [0.4, 0.5) is 0 Å². The molecule has 0 spiro atoms. The summed E-state index contributed by atoms with van der Waals surface area (Å²) in [4.78, 5) is 23.9. The minimum atomic E-state index is -0.837. The summed E-state index contributed by atoms with van der Waals surface area (Å²) < 4.78 is 20.0. The first-order chi connectivity index (χ1) is 12.6. The molecule has 2 heterocycles. The van der Waals surface area contributed by atoms with Crippen LogP contribution in [0, 0.1) is 22.7 Å². The van der Waals surface area contributed by atoms with Crippen LogP contribution >= 0.6 is 0 Å². The molecule has 0 amide bonds. The minimum Gasteiger partial charge on any atom is -0.457 e. The van der Waals surface area contributed by atoms with Crippen molar-refractivity contribution in [3.63, 3.8) is 0 Å². The van der Waals surface area contributed by atoms with Gasteiger partial charge >= 0.3 is 11.9 Å². The van der Waals surface area contributed by atoms with Crippen LogP contribution in [0.15, 0.2) is 57.8 Å². The van der Waals surface area contributed by atoms with Gasteiger partial charge in [0.2, 0.25) is 11.5 Å². The molecule has 0 aliphatic rings. The fourth-order valence-corrected chi connectivity index (χ4v) is 2.05. The second-order valence-corrected chi connectivity index (χ2v) is 4.77. The molecule has 3 aromatic rings. The standard InChI is InChI=1S/C18H8N2O6/c19-9-11-12(10-20)14(26-18(22)16-4-2-8-24-16)6-5-13(11)25-17(21)15-3-1-7-23-15/h1-8H. The molecule has 126 valence electrons. The van der Waals surface area contributed by atoms with Crippen LogP contribution in [0.25, 0.3) is 0 Å². The number of rotatable bonds is 4. The lowest BCUT2D eigenvalue weighted by atomic mass is 10.1. The van der Waals surface area contributed by atoms with Gasteiger partial charge in [-0.1, -0.05) is 0 Å². The van der Waals surface area contributed by atoms with Crippen molar-refractivity contribution in [3.05, 3.63) is 71.6 Å². The molecule has 2 aromatic heterocycles. The van der Waals surface area contributed by atoms with Gasteiger partial charge < -0.3 is 18.3 Å². The minimum absolute atomic E-state index is 0.0688. The highest BCUT2D eigenvalue weighted by molar-refractivity contribution is 5.90. The van der Waals surface area contributed by atoms with Gasteiger partial charge in [-0.15, -0.1) is 0 Å². The lowest BCUT2D eigenvalue weighted by Crippen LogP contribution is -2.11. The largest absolute Gasteiger partial charge is 0.457 e. The van der Waals surface area contributed by atoms with E-state index in [1.54, 1.807) is 12.1 Å². The lowest BCUT2D eigenvalue weighted by Gasteiger charge is -2.09. The first-order valence-corrected chi connectivity index (χ1v) is 7.12. The van der Waals surface area contributed by atoms with Gasteiger partial charge in [-0.3, -0.25) is 0 Å². The van der Waals surface area contributed by atoms with E-state index in [0.717, 1.165) is 0 Å². The van der Waals surface area contributed by atoms with E-state index in [1.807, 2.05) is 0 Å². The molecule has 0 bridgehead atoms. The van der Waals surface area contributed by atoms with Gasteiger partial charge in [0.05, 0.1) is 12.5 Å². The number of hydrogen-bond donors (Lipinski definition) is 0. The monoisotopic (exact) mass is 348 g/mol. The maximum absolute atomic E-state index is 12.0. The summed E-state index contributed by atoms with van der Waals surface area (Å²) in [5, 5.41) is 18.7. The Morgan fingerprint density at radius 3 is 1.50 bits per heavy atom. The van der Waals surface area contributed by atoms with Gasteiger partial charge in [-0.2, -0.15) is 10.5 Å². The van der Waals surface area contributed by atoms with Crippen LogP contribution < -0.4 is 9.47 Å². The van der Waals surface area contributed by atoms with Crippen molar-refractivity contribution >= 4 is 11.9 Å². The van der Waals surface area contributed by atoms with E-state index in [0.29, 0.717) is 0 Å². The van der Waals surface area contributed by atoms with Crippen LogP contribution in [0.5, 0.6) is 11.5 Å². The van der Waals surface area contributed by atoms with Crippen molar-refractivity contribution in [3.8, 4) is 23.6 Å². The lowest BCUT2D eigenvalue weighted by molar-refractivity contribution is 0.0686. The van der Waals surface area contributed by atoms with Gasteiger partial charge in [0, 0.05) is 0 Å². The summed E-state index contributed by atoms with van der Waals surface area (Å²) in [5.74, 6) is -2.14. The highest BCUT2D eigenvalue weighted by Gasteiger charge is 2.22. The van der Waals surface area contributed by atoms with E-state index < -0.39 is 11.9 Å².